The van der Waals surface area contributed by atoms with Gasteiger partial charge in [-0.2, -0.15) is 17.5 Å². The molecule has 0 aliphatic carbocycles. The van der Waals surface area contributed by atoms with E-state index >= 15 is 0 Å². The van der Waals surface area contributed by atoms with Gasteiger partial charge in [0.05, 0.1) is 17.2 Å². The summed E-state index contributed by atoms with van der Waals surface area (Å²) in [6, 6.07) is 3.25. The van der Waals surface area contributed by atoms with E-state index in [0.717, 1.165) is 12.1 Å². The van der Waals surface area contributed by atoms with E-state index < -0.39 is 45.4 Å². The molecule has 0 amide bonds. The van der Waals surface area contributed by atoms with Crippen molar-refractivity contribution in [3.63, 3.8) is 0 Å². The van der Waals surface area contributed by atoms with Gasteiger partial charge >= 0.3 is 12.1 Å². The molecule has 9 heteroatoms. The van der Waals surface area contributed by atoms with Gasteiger partial charge < -0.3 is 5.11 Å². The molecule has 132 valence electrons. The highest BCUT2D eigenvalue weighted by Crippen LogP contribution is 2.44. The molecule has 5 nitrogen and oxygen atoms in total. The third kappa shape index (κ3) is 3.02. The Morgan fingerprint density at radius 1 is 1.29 bits per heavy atom. The zero-order valence-corrected chi connectivity index (χ0v) is 13.3. The molecular formula is C15H16F3NO4S. The molecular weight excluding hydrogens is 347 g/mol. The molecule has 2 saturated heterocycles. The van der Waals surface area contributed by atoms with Crippen molar-refractivity contribution >= 4 is 16.0 Å². The summed E-state index contributed by atoms with van der Waals surface area (Å²) in [6.07, 6.45) is -3.21. The SMILES string of the molecule is O=C(O)C1CC2CCC1N2S(=O)(=O)Cc1cccc(C(F)(F)F)c1. The van der Waals surface area contributed by atoms with Crippen LogP contribution in [0.4, 0.5) is 13.2 Å². The third-order valence-corrected chi connectivity index (χ3v) is 6.62. The predicted octanol–water partition coefficient (Wildman–Crippen LogP) is 2.47. The molecule has 0 aromatic heterocycles. The Bertz CT molecular complexity index is 762. The number of hydrogen-bond donors (Lipinski definition) is 1. The van der Waals surface area contributed by atoms with E-state index in [9.17, 15) is 31.5 Å². The summed E-state index contributed by atoms with van der Waals surface area (Å²) in [6.45, 7) is 0. The van der Waals surface area contributed by atoms with Gasteiger partial charge in [0.2, 0.25) is 10.0 Å². The lowest BCUT2D eigenvalue weighted by molar-refractivity contribution is -0.142. The topological polar surface area (TPSA) is 74.7 Å². The Morgan fingerprint density at radius 2 is 2.00 bits per heavy atom. The van der Waals surface area contributed by atoms with E-state index in [1.807, 2.05) is 0 Å². The summed E-state index contributed by atoms with van der Waals surface area (Å²) in [5, 5.41) is 9.19. The Morgan fingerprint density at radius 3 is 2.58 bits per heavy atom. The number of carboxylic acids is 1. The number of hydrogen-bond acceptors (Lipinski definition) is 3. The van der Waals surface area contributed by atoms with E-state index in [2.05, 4.69) is 0 Å². The zero-order valence-electron chi connectivity index (χ0n) is 12.5. The van der Waals surface area contributed by atoms with Crippen LogP contribution in [-0.2, 0) is 26.7 Å². The number of sulfonamides is 1. The fourth-order valence-corrected chi connectivity index (χ4v) is 5.82. The van der Waals surface area contributed by atoms with E-state index in [4.69, 9.17) is 0 Å². The summed E-state index contributed by atoms with van der Waals surface area (Å²) in [5.41, 5.74) is -0.856. The van der Waals surface area contributed by atoms with Gasteiger partial charge in [0.25, 0.3) is 0 Å². The van der Waals surface area contributed by atoms with Crippen LogP contribution in [0.2, 0.25) is 0 Å². The normalized spacial score (nSPS) is 27.5. The van der Waals surface area contributed by atoms with Crippen LogP contribution < -0.4 is 0 Å². The zero-order chi connectivity index (χ0) is 17.7. The largest absolute Gasteiger partial charge is 0.481 e. The molecule has 2 aliphatic rings. The second-order valence-corrected chi connectivity index (χ2v) is 8.14. The van der Waals surface area contributed by atoms with Crippen molar-refractivity contribution in [3.05, 3.63) is 35.4 Å². The number of carbonyl (C=O) groups is 1. The molecule has 2 heterocycles. The predicted molar refractivity (Wildman–Crippen MR) is 78.5 cm³/mol. The maximum absolute atomic E-state index is 12.8. The van der Waals surface area contributed by atoms with Gasteiger partial charge in [-0.05, 0) is 30.9 Å². The smallest absolute Gasteiger partial charge is 0.416 e. The highest BCUT2D eigenvalue weighted by atomic mass is 32.2. The van der Waals surface area contributed by atoms with E-state index in [0.29, 0.717) is 12.8 Å². The second kappa shape index (κ2) is 5.73. The van der Waals surface area contributed by atoms with Crippen LogP contribution >= 0.6 is 0 Å². The molecule has 0 radical (unpaired) electrons. The number of benzene rings is 1. The fourth-order valence-electron chi connectivity index (χ4n) is 3.76. The van der Waals surface area contributed by atoms with Gasteiger partial charge in [-0.3, -0.25) is 4.79 Å². The quantitative estimate of drug-likeness (QED) is 0.892. The van der Waals surface area contributed by atoms with Crippen molar-refractivity contribution in [2.75, 3.05) is 0 Å². The fraction of sp³-hybridized carbons (Fsp3) is 0.533. The van der Waals surface area contributed by atoms with Crippen LogP contribution in [0.15, 0.2) is 24.3 Å². The van der Waals surface area contributed by atoms with Gasteiger partial charge in [-0.1, -0.05) is 18.2 Å². The number of rotatable bonds is 4. The average Bonchev–Trinajstić information content (AvgIpc) is 3.04. The standard InChI is InChI=1S/C15H16F3NO4S/c16-15(17,18)10-3-1-2-9(6-10)8-24(22,23)19-11-4-5-13(19)12(7-11)14(20)21/h1-3,6,11-13H,4-5,7-8H2,(H,20,21). The van der Waals surface area contributed by atoms with Crippen molar-refractivity contribution in [1.29, 1.82) is 0 Å². The van der Waals surface area contributed by atoms with Crippen LogP contribution in [0.5, 0.6) is 0 Å². The van der Waals surface area contributed by atoms with Crippen molar-refractivity contribution < 1.29 is 31.5 Å². The number of nitrogens with zero attached hydrogens (tertiary/aromatic N) is 1. The second-order valence-electron chi connectivity index (χ2n) is 6.26. The van der Waals surface area contributed by atoms with Crippen LogP contribution in [-0.4, -0.2) is 35.9 Å². The number of aliphatic carboxylic acids is 1. The summed E-state index contributed by atoms with van der Waals surface area (Å²) in [7, 11) is -3.87. The summed E-state index contributed by atoms with van der Waals surface area (Å²) in [4.78, 5) is 11.2. The first-order valence-corrected chi connectivity index (χ1v) is 9.10. The number of alkyl halides is 3. The van der Waals surface area contributed by atoms with Crippen molar-refractivity contribution in [2.45, 2.75) is 43.3 Å². The first-order valence-electron chi connectivity index (χ1n) is 7.50. The van der Waals surface area contributed by atoms with Gasteiger partial charge in [-0.25, -0.2) is 8.42 Å². The van der Waals surface area contributed by atoms with Crippen molar-refractivity contribution in [3.8, 4) is 0 Å². The van der Waals surface area contributed by atoms with Gasteiger partial charge in [-0.15, -0.1) is 0 Å². The van der Waals surface area contributed by atoms with Crippen LogP contribution in [0, 0.1) is 5.92 Å². The summed E-state index contributed by atoms with van der Waals surface area (Å²) in [5.74, 6) is -2.32. The molecule has 0 spiro atoms. The van der Waals surface area contributed by atoms with Crippen molar-refractivity contribution in [1.82, 2.24) is 4.31 Å². The van der Waals surface area contributed by atoms with Gasteiger partial charge in [0.15, 0.2) is 0 Å². The average molecular weight is 363 g/mol. The first-order chi connectivity index (χ1) is 11.1. The number of fused-ring (bicyclic) bond motifs is 2. The Hall–Kier alpha value is -1.61. The minimum absolute atomic E-state index is 0.0444. The Kier molecular flexibility index (Phi) is 4.11. The maximum Gasteiger partial charge on any atom is 0.416 e. The highest BCUT2D eigenvalue weighted by molar-refractivity contribution is 7.88. The highest BCUT2D eigenvalue weighted by Gasteiger charge is 2.53. The molecule has 2 fully saturated rings. The van der Waals surface area contributed by atoms with Crippen LogP contribution in [0.3, 0.4) is 0 Å². The minimum atomic E-state index is -4.54. The molecule has 1 N–H and O–H groups in total. The van der Waals surface area contributed by atoms with Gasteiger partial charge in [0.1, 0.15) is 0 Å². The summed E-state index contributed by atoms with van der Waals surface area (Å²) >= 11 is 0. The van der Waals surface area contributed by atoms with Crippen LogP contribution in [0.1, 0.15) is 30.4 Å². The third-order valence-electron chi connectivity index (χ3n) is 4.71. The molecule has 24 heavy (non-hydrogen) atoms. The van der Waals surface area contributed by atoms with E-state index in [1.54, 1.807) is 0 Å². The lowest BCUT2D eigenvalue weighted by Gasteiger charge is -2.22. The number of halogens is 3. The van der Waals surface area contributed by atoms with Crippen LogP contribution in [0.25, 0.3) is 0 Å². The first kappa shape index (κ1) is 17.2. The summed E-state index contributed by atoms with van der Waals surface area (Å²) < 4.78 is 64.8. The monoisotopic (exact) mass is 363 g/mol. The Labute approximate surface area is 137 Å². The van der Waals surface area contributed by atoms with E-state index in [-0.39, 0.29) is 18.0 Å². The molecule has 3 rings (SSSR count). The van der Waals surface area contributed by atoms with E-state index in [1.165, 1.54) is 16.4 Å². The lowest BCUT2D eigenvalue weighted by Crippen LogP contribution is -2.38. The minimum Gasteiger partial charge on any atom is -0.481 e. The lowest BCUT2D eigenvalue weighted by atomic mass is 9.89. The molecule has 3 unspecified atom stereocenters. The van der Waals surface area contributed by atoms with Crippen molar-refractivity contribution in [2.24, 2.45) is 5.92 Å². The molecule has 3 atom stereocenters. The molecule has 1 aromatic carbocycles. The molecule has 2 aliphatic heterocycles. The molecule has 0 saturated carbocycles. The maximum atomic E-state index is 12.8. The Balaban J connectivity index is 1.84. The van der Waals surface area contributed by atoms with Gasteiger partial charge in [0, 0.05) is 12.1 Å². The number of carboxylic acid groups (broad SMARTS) is 1. The molecule has 2 bridgehead atoms. The molecule has 1 aromatic rings.